The number of carbonyl (C=O) groups excluding carboxylic acids is 1. The molecule has 2 heteroatoms. The Hall–Kier alpha value is -2.09. The highest BCUT2D eigenvalue weighted by molar-refractivity contribution is 6.05. The van der Waals surface area contributed by atoms with Crippen molar-refractivity contribution >= 4 is 11.6 Å². The molecule has 2 aromatic carbocycles. The quantitative estimate of drug-likeness (QED) is 0.832. The van der Waals surface area contributed by atoms with Crippen LogP contribution in [0.1, 0.15) is 21.5 Å². The van der Waals surface area contributed by atoms with Crippen molar-refractivity contribution in [1.29, 1.82) is 0 Å². The van der Waals surface area contributed by atoms with Crippen LogP contribution in [0.2, 0.25) is 0 Å². The molecule has 86 valence electrons. The number of aryl methyl sites for hydroxylation is 1. The van der Waals surface area contributed by atoms with Gasteiger partial charge in [0.1, 0.15) is 0 Å². The Labute approximate surface area is 101 Å². The van der Waals surface area contributed by atoms with E-state index in [0.29, 0.717) is 0 Å². The zero-order valence-electron chi connectivity index (χ0n) is 10.0. The Morgan fingerprint density at radius 1 is 0.941 bits per heavy atom. The molecule has 0 saturated heterocycles. The molecule has 0 heterocycles. The van der Waals surface area contributed by atoms with Gasteiger partial charge >= 0.3 is 0 Å². The number of amides is 1. The van der Waals surface area contributed by atoms with Crippen molar-refractivity contribution in [2.45, 2.75) is 13.8 Å². The van der Waals surface area contributed by atoms with Crippen LogP contribution in [-0.2, 0) is 0 Å². The number of carbonyl (C=O) groups is 1. The first kappa shape index (κ1) is 11.4. The Bertz CT molecular complexity index is 532. The van der Waals surface area contributed by atoms with Gasteiger partial charge in [-0.3, -0.25) is 4.79 Å². The van der Waals surface area contributed by atoms with E-state index in [2.05, 4.69) is 5.32 Å². The van der Waals surface area contributed by atoms with Crippen molar-refractivity contribution in [2.24, 2.45) is 0 Å². The molecule has 2 aromatic rings. The number of rotatable bonds is 2. The second-order valence-corrected chi connectivity index (χ2v) is 4.07. The van der Waals surface area contributed by atoms with Crippen molar-refractivity contribution in [3.05, 3.63) is 65.2 Å². The van der Waals surface area contributed by atoms with Gasteiger partial charge in [-0.1, -0.05) is 30.3 Å². The molecule has 0 aliphatic carbocycles. The maximum Gasteiger partial charge on any atom is 0.255 e. The number of nitrogens with one attached hydrogen (secondary N) is 1. The summed E-state index contributed by atoms with van der Waals surface area (Å²) in [5.41, 5.74) is 3.71. The Morgan fingerprint density at radius 2 is 1.65 bits per heavy atom. The fourth-order valence-electron chi connectivity index (χ4n) is 1.72. The van der Waals surface area contributed by atoms with Gasteiger partial charge in [-0.25, -0.2) is 0 Å². The van der Waals surface area contributed by atoms with Gasteiger partial charge in [0, 0.05) is 11.3 Å². The molecule has 0 radical (unpaired) electrons. The minimum atomic E-state index is -0.0580. The molecule has 0 bridgehead atoms. The predicted octanol–water partition coefficient (Wildman–Crippen LogP) is 3.56. The average molecular weight is 225 g/mol. The largest absolute Gasteiger partial charge is 0.322 e. The van der Waals surface area contributed by atoms with E-state index in [1.165, 1.54) is 0 Å². The topological polar surface area (TPSA) is 29.1 Å². The van der Waals surface area contributed by atoms with Crippen LogP contribution < -0.4 is 5.32 Å². The molecule has 0 spiro atoms. The molecule has 0 atom stereocenters. The lowest BCUT2D eigenvalue weighted by atomic mass is 10.0. The van der Waals surface area contributed by atoms with E-state index in [9.17, 15) is 4.79 Å². The fraction of sp³-hybridized carbons (Fsp3) is 0.133. The van der Waals surface area contributed by atoms with E-state index in [1.54, 1.807) is 0 Å². The third-order valence-corrected chi connectivity index (χ3v) is 2.88. The molecular weight excluding hydrogens is 210 g/mol. The molecule has 0 aromatic heterocycles. The minimum Gasteiger partial charge on any atom is -0.322 e. The first-order chi connectivity index (χ1) is 8.18. The SMILES string of the molecule is Cc1cccc(C(=O)Nc2ccccc2)c1C. The Morgan fingerprint density at radius 3 is 2.35 bits per heavy atom. The maximum absolute atomic E-state index is 12.1. The highest BCUT2D eigenvalue weighted by atomic mass is 16.1. The van der Waals surface area contributed by atoms with E-state index < -0.39 is 0 Å². The second-order valence-electron chi connectivity index (χ2n) is 4.07. The molecule has 0 fully saturated rings. The van der Waals surface area contributed by atoms with Gasteiger partial charge < -0.3 is 5.32 Å². The van der Waals surface area contributed by atoms with Gasteiger partial charge in [0.25, 0.3) is 5.91 Å². The van der Waals surface area contributed by atoms with Gasteiger partial charge in [-0.15, -0.1) is 0 Å². The molecule has 1 N–H and O–H groups in total. The highest BCUT2D eigenvalue weighted by Gasteiger charge is 2.09. The summed E-state index contributed by atoms with van der Waals surface area (Å²) in [5, 5.41) is 2.89. The van der Waals surface area contributed by atoms with E-state index in [1.807, 2.05) is 62.4 Å². The molecule has 2 rings (SSSR count). The molecule has 0 unspecified atom stereocenters. The monoisotopic (exact) mass is 225 g/mol. The Balaban J connectivity index is 2.24. The first-order valence-electron chi connectivity index (χ1n) is 5.61. The number of para-hydroxylation sites is 1. The molecule has 17 heavy (non-hydrogen) atoms. The fourth-order valence-corrected chi connectivity index (χ4v) is 1.72. The van der Waals surface area contributed by atoms with E-state index >= 15 is 0 Å². The van der Waals surface area contributed by atoms with Crippen LogP contribution in [-0.4, -0.2) is 5.91 Å². The van der Waals surface area contributed by atoms with E-state index in [0.717, 1.165) is 22.4 Å². The van der Waals surface area contributed by atoms with Crippen molar-refractivity contribution in [3.63, 3.8) is 0 Å². The molecular formula is C15H15NO. The normalized spacial score (nSPS) is 10.0. The summed E-state index contributed by atoms with van der Waals surface area (Å²) in [7, 11) is 0. The summed E-state index contributed by atoms with van der Waals surface area (Å²) in [6.45, 7) is 3.98. The summed E-state index contributed by atoms with van der Waals surface area (Å²) < 4.78 is 0. The third kappa shape index (κ3) is 2.53. The van der Waals surface area contributed by atoms with Gasteiger partial charge in [-0.2, -0.15) is 0 Å². The van der Waals surface area contributed by atoms with Crippen LogP contribution in [0.3, 0.4) is 0 Å². The van der Waals surface area contributed by atoms with Gasteiger partial charge in [-0.05, 0) is 43.2 Å². The van der Waals surface area contributed by atoms with Crippen LogP contribution in [0.4, 0.5) is 5.69 Å². The van der Waals surface area contributed by atoms with Crippen LogP contribution in [0.25, 0.3) is 0 Å². The lowest BCUT2D eigenvalue weighted by molar-refractivity contribution is 0.102. The van der Waals surface area contributed by atoms with Crippen LogP contribution in [0, 0.1) is 13.8 Å². The maximum atomic E-state index is 12.1. The van der Waals surface area contributed by atoms with Crippen molar-refractivity contribution in [1.82, 2.24) is 0 Å². The number of benzene rings is 2. The van der Waals surface area contributed by atoms with Crippen molar-refractivity contribution in [2.75, 3.05) is 5.32 Å². The summed E-state index contributed by atoms with van der Waals surface area (Å²) >= 11 is 0. The van der Waals surface area contributed by atoms with Gasteiger partial charge in [0.2, 0.25) is 0 Å². The zero-order chi connectivity index (χ0) is 12.3. The van der Waals surface area contributed by atoms with Crippen LogP contribution >= 0.6 is 0 Å². The number of hydrogen-bond donors (Lipinski definition) is 1. The molecule has 0 aliphatic rings. The summed E-state index contributed by atoms with van der Waals surface area (Å²) in [5.74, 6) is -0.0580. The lowest BCUT2D eigenvalue weighted by Crippen LogP contribution is -2.13. The average Bonchev–Trinajstić information content (AvgIpc) is 2.34. The smallest absolute Gasteiger partial charge is 0.255 e. The van der Waals surface area contributed by atoms with Crippen LogP contribution in [0.15, 0.2) is 48.5 Å². The Kier molecular flexibility index (Phi) is 3.24. The summed E-state index contributed by atoms with van der Waals surface area (Å²) in [6, 6.07) is 15.2. The second kappa shape index (κ2) is 4.83. The summed E-state index contributed by atoms with van der Waals surface area (Å²) in [6.07, 6.45) is 0. The van der Waals surface area contributed by atoms with Gasteiger partial charge in [0.15, 0.2) is 0 Å². The minimum absolute atomic E-state index is 0.0580. The summed E-state index contributed by atoms with van der Waals surface area (Å²) in [4.78, 5) is 12.1. The lowest BCUT2D eigenvalue weighted by Gasteiger charge is -2.09. The first-order valence-corrected chi connectivity index (χ1v) is 5.61. The van der Waals surface area contributed by atoms with Crippen molar-refractivity contribution < 1.29 is 4.79 Å². The zero-order valence-corrected chi connectivity index (χ0v) is 10.0. The van der Waals surface area contributed by atoms with Crippen molar-refractivity contribution in [3.8, 4) is 0 Å². The third-order valence-electron chi connectivity index (χ3n) is 2.88. The van der Waals surface area contributed by atoms with Crippen LogP contribution in [0.5, 0.6) is 0 Å². The van der Waals surface area contributed by atoms with Gasteiger partial charge in [0.05, 0.1) is 0 Å². The number of hydrogen-bond acceptors (Lipinski definition) is 1. The van der Waals surface area contributed by atoms with E-state index in [4.69, 9.17) is 0 Å². The molecule has 2 nitrogen and oxygen atoms in total. The predicted molar refractivity (Wildman–Crippen MR) is 70.3 cm³/mol. The molecule has 0 aliphatic heterocycles. The van der Waals surface area contributed by atoms with E-state index in [-0.39, 0.29) is 5.91 Å². The standard InChI is InChI=1S/C15H15NO/c1-11-7-6-10-14(12(11)2)15(17)16-13-8-4-3-5-9-13/h3-10H,1-2H3,(H,16,17). The highest BCUT2D eigenvalue weighted by Crippen LogP contribution is 2.15. The molecule has 0 saturated carbocycles. The molecule has 1 amide bonds. The number of anilines is 1.